The first-order valence-corrected chi connectivity index (χ1v) is 9.09. The minimum Gasteiger partial charge on any atom is -0.368 e. The van der Waals surface area contributed by atoms with E-state index in [1.807, 2.05) is 36.5 Å². The van der Waals surface area contributed by atoms with Crippen molar-refractivity contribution in [1.29, 1.82) is 0 Å². The number of pyridine rings is 1. The number of nitrogens with two attached hydrogens (primary N) is 1. The van der Waals surface area contributed by atoms with Gasteiger partial charge in [-0.1, -0.05) is 18.2 Å². The number of nitrogens with one attached hydrogen (secondary N) is 1. The molecule has 6 nitrogen and oxygen atoms in total. The fourth-order valence-corrected chi connectivity index (χ4v) is 3.45. The third-order valence-electron chi connectivity index (χ3n) is 5.14. The Morgan fingerprint density at radius 2 is 2.00 bits per heavy atom. The number of benzene rings is 1. The standard InChI is InChI=1S/C21H21N5O/c22-21(27)15-5-3-4-14(12-15)18-9-10-20(26-25-18)24-13-16-7-8-17(16)19-6-1-2-11-23-19/h1-6,9-12,16-17H,7-8,13H2,(H2,22,27)(H,24,26). The molecule has 1 saturated carbocycles. The monoisotopic (exact) mass is 359 g/mol. The molecular weight excluding hydrogens is 338 g/mol. The lowest BCUT2D eigenvalue weighted by Crippen LogP contribution is -2.30. The lowest BCUT2D eigenvalue weighted by Gasteiger charge is -2.36. The van der Waals surface area contributed by atoms with E-state index in [1.165, 1.54) is 18.5 Å². The Balaban J connectivity index is 1.39. The molecule has 1 aliphatic rings. The highest BCUT2D eigenvalue weighted by molar-refractivity contribution is 5.93. The molecule has 1 aliphatic carbocycles. The first kappa shape index (κ1) is 17.1. The van der Waals surface area contributed by atoms with Crippen molar-refractivity contribution >= 4 is 11.7 Å². The summed E-state index contributed by atoms with van der Waals surface area (Å²) in [5, 5.41) is 11.9. The summed E-state index contributed by atoms with van der Waals surface area (Å²) in [6.07, 6.45) is 4.24. The van der Waals surface area contributed by atoms with Gasteiger partial charge in [-0.3, -0.25) is 9.78 Å². The van der Waals surface area contributed by atoms with Crippen molar-refractivity contribution in [2.75, 3.05) is 11.9 Å². The number of hydrogen-bond donors (Lipinski definition) is 2. The second-order valence-corrected chi connectivity index (χ2v) is 6.83. The summed E-state index contributed by atoms with van der Waals surface area (Å²) in [4.78, 5) is 15.8. The molecule has 136 valence electrons. The zero-order valence-corrected chi connectivity index (χ0v) is 14.9. The van der Waals surface area contributed by atoms with Gasteiger partial charge in [0.15, 0.2) is 0 Å². The molecule has 0 aliphatic heterocycles. The van der Waals surface area contributed by atoms with Crippen molar-refractivity contribution in [3.8, 4) is 11.3 Å². The predicted octanol–water partition coefficient (Wildman–Crippen LogP) is 3.24. The second-order valence-electron chi connectivity index (χ2n) is 6.83. The summed E-state index contributed by atoms with van der Waals surface area (Å²) < 4.78 is 0. The van der Waals surface area contributed by atoms with Gasteiger partial charge in [-0.15, -0.1) is 10.2 Å². The highest BCUT2D eigenvalue weighted by Crippen LogP contribution is 2.41. The van der Waals surface area contributed by atoms with Gasteiger partial charge in [-0.05, 0) is 55.2 Å². The van der Waals surface area contributed by atoms with Crippen LogP contribution in [0.2, 0.25) is 0 Å². The van der Waals surface area contributed by atoms with Gasteiger partial charge in [0.25, 0.3) is 0 Å². The van der Waals surface area contributed by atoms with E-state index in [4.69, 9.17) is 5.73 Å². The van der Waals surface area contributed by atoms with Crippen molar-refractivity contribution in [2.45, 2.75) is 18.8 Å². The molecule has 0 bridgehead atoms. The Kier molecular flexibility index (Phi) is 4.78. The molecule has 2 atom stereocenters. The van der Waals surface area contributed by atoms with Crippen LogP contribution in [0.5, 0.6) is 0 Å². The van der Waals surface area contributed by atoms with Crippen molar-refractivity contribution in [1.82, 2.24) is 15.2 Å². The van der Waals surface area contributed by atoms with Crippen LogP contribution < -0.4 is 11.1 Å². The van der Waals surface area contributed by atoms with Crippen LogP contribution in [0.15, 0.2) is 60.8 Å². The largest absolute Gasteiger partial charge is 0.368 e. The van der Waals surface area contributed by atoms with Crippen LogP contribution in [0.1, 0.15) is 34.8 Å². The van der Waals surface area contributed by atoms with Crippen LogP contribution in [-0.2, 0) is 0 Å². The Bertz CT molecular complexity index is 927. The van der Waals surface area contributed by atoms with Gasteiger partial charge in [0.05, 0.1) is 5.69 Å². The molecule has 3 aromatic rings. The minimum absolute atomic E-state index is 0.453. The van der Waals surface area contributed by atoms with Crippen molar-refractivity contribution < 1.29 is 4.79 Å². The summed E-state index contributed by atoms with van der Waals surface area (Å²) in [6, 6.07) is 17.0. The third kappa shape index (κ3) is 3.79. The smallest absolute Gasteiger partial charge is 0.248 e. The van der Waals surface area contributed by atoms with Crippen LogP contribution in [-0.4, -0.2) is 27.6 Å². The zero-order chi connectivity index (χ0) is 18.6. The number of rotatable bonds is 6. The van der Waals surface area contributed by atoms with Gasteiger partial charge in [0, 0.05) is 35.5 Å². The van der Waals surface area contributed by atoms with E-state index in [2.05, 4.69) is 26.6 Å². The van der Waals surface area contributed by atoms with Crippen LogP contribution >= 0.6 is 0 Å². The lowest BCUT2D eigenvalue weighted by molar-refractivity contribution is 0.100. The van der Waals surface area contributed by atoms with E-state index in [-0.39, 0.29) is 0 Å². The summed E-state index contributed by atoms with van der Waals surface area (Å²) >= 11 is 0. The van der Waals surface area contributed by atoms with Crippen LogP contribution in [0.3, 0.4) is 0 Å². The number of hydrogen-bond acceptors (Lipinski definition) is 5. The summed E-state index contributed by atoms with van der Waals surface area (Å²) in [5.74, 6) is 1.37. The van der Waals surface area contributed by atoms with E-state index in [9.17, 15) is 4.79 Å². The zero-order valence-electron chi connectivity index (χ0n) is 14.9. The maximum atomic E-state index is 11.3. The van der Waals surface area contributed by atoms with Gasteiger partial charge < -0.3 is 11.1 Å². The van der Waals surface area contributed by atoms with Gasteiger partial charge in [0.1, 0.15) is 5.82 Å². The number of aromatic nitrogens is 3. The molecule has 0 saturated heterocycles. The number of primary amides is 1. The molecule has 2 unspecified atom stereocenters. The molecular formula is C21H21N5O. The van der Waals surface area contributed by atoms with Gasteiger partial charge >= 0.3 is 0 Å². The van der Waals surface area contributed by atoms with E-state index in [0.717, 1.165) is 17.9 Å². The van der Waals surface area contributed by atoms with E-state index in [1.54, 1.807) is 18.2 Å². The molecule has 1 aromatic carbocycles. The average molecular weight is 359 g/mol. The number of nitrogens with zero attached hydrogens (tertiary/aromatic N) is 3. The maximum absolute atomic E-state index is 11.3. The van der Waals surface area contributed by atoms with Crippen LogP contribution in [0, 0.1) is 5.92 Å². The summed E-state index contributed by atoms with van der Waals surface area (Å²) in [5.41, 5.74) is 8.49. The quantitative estimate of drug-likeness (QED) is 0.705. The fraction of sp³-hybridized carbons (Fsp3) is 0.238. The van der Waals surface area contributed by atoms with E-state index < -0.39 is 5.91 Å². The van der Waals surface area contributed by atoms with Gasteiger partial charge in [-0.2, -0.15) is 0 Å². The Hall–Kier alpha value is -3.28. The number of carbonyl (C=O) groups is 1. The molecule has 1 fully saturated rings. The molecule has 4 rings (SSSR count). The van der Waals surface area contributed by atoms with Gasteiger partial charge in [0.2, 0.25) is 5.91 Å². The molecule has 3 N–H and O–H groups in total. The average Bonchev–Trinajstić information content (AvgIpc) is 2.69. The summed E-state index contributed by atoms with van der Waals surface area (Å²) in [6.45, 7) is 0.854. The van der Waals surface area contributed by atoms with E-state index in [0.29, 0.717) is 23.1 Å². The molecule has 27 heavy (non-hydrogen) atoms. The molecule has 2 heterocycles. The minimum atomic E-state index is -0.453. The van der Waals surface area contributed by atoms with Gasteiger partial charge in [-0.25, -0.2) is 0 Å². The topological polar surface area (TPSA) is 93.8 Å². The lowest BCUT2D eigenvalue weighted by atomic mass is 9.71. The first-order valence-electron chi connectivity index (χ1n) is 9.09. The van der Waals surface area contributed by atoms with Crippen molar-refractivity contribution in [3.05, 3.63) is 72.1 Å². The third-order valence-corrected chi connectivity index (χ3v) is 5.14. The number of anilines is 1. The highest BCUT2D eigenvalue weighted by atomic mass is 16.1. The maximum Gasteiger partial charge on any atom is 0.248 e. The molecule has 0 radical (unpaired) electrons. The Morgan fingerprint density at radius 3 is 2.67 bits per heavy atom. The first-order chi connectivity index (χ1) is 13.2. The number of amides is 1. The second kappa shape index (κ2) is 7.53. The van der Waals surface area contributed by atoms with Crippen LogP contribution in [0.25, 0.3) is 11.3 Å². The molecule has 1 amide bonds. The predicted molar refractivity (Wildman–Crippen MR) is 104 cm³/mol. The SMILES string of the molecule is NC(=O)c1cccc(-c2ccc(NCC3CCC3c3ccccn3)nn2)c1. The normalized spacial score (nSPS) is 18.5. The number of carbonyl (C=O) groups excluding carboxylic acids is 1. The van der Waals surface area contributed by atoms with Crippen molar-refractivity contribution in [2.24, 2.45) is 11.7 Å². The summed E-state index contributed by atoms with van der Waals surface area (Å²) in [7, 11) is 0. The molecule has 0 spiro atoms. The molecule has 6 heteroatoms. The molecule has 2 aromatic heterocycles. The fourth-order valence-electron chi connectivity index (χ4n) is 3.45. The van der Waals surface area contributed by atoms with Crippen molar-refractivity contribution in [3.63, 3.8) is 0 Å². The van der Waals surface area contributed by atoms with E-state index >= 15 is 0 Å². The Morgan fingerprint density at radius 1 is 1.07 bits per heavy atom. The Labute approximate surface area is 157 Å². The highest BCUT2D eigenvalue weighted by Gasteiger charge is 2.32. The van der Waals surface area contributed by atoms with Crippen LogP contribution in [0.4, 0.5) is 5.82 Å².